The van der Waals surface area contributed by atoms with Gasteiger partial charge in [0.05, 0.1) is 0 Å². The molecule has 2 nitrogen and oxygen atoms in total. The van der Waals surface area contributed by atoms with Gasteiger partial charge in [-0.2, -0.15) is 17.5 Å². The van der Waals surface area contributed by atoms with Crippen LogP contribution >= 0.6 is 11.5 Å². The van der Waals surface area contributed by atoms with E-state index in [1.165, 1.54) is 0 Å². The third kappa shape index (κ3) is 1.90. The highest BCUT2D eigenvalue weighted by molar-refractivity contribution is 7.05. The highest BCUT2D eigenvalue weighted by atomic mass is 32.1. The summed E-state index contributed by atoms with van der Waals surface area (Å²) in [4.78, 5) is 0.442. The van der Waals surface area contributed by atoms with E-state index in [0.29, 0.717) is 4.88 Å². The Hall–Kier alpha value is -0.620. The molecular weight excluding hydrogens is 177 g/mol. The molecule has 0 fully saturated rings. The molecule has 0 unspecified atom stereocenters. The van der Waals surface area contributed by atoms with Crippen LogP contribution in [-0.2, 0) is 12.7 Å². The van der Waals surface area contributed by atoms with Gasteiger partial charge < -0.3 is 5.73 Å². The molecule has 0 aromatic carbocycles. The first-order valence-corrected chi connectivity index (χ1v) is 3.54. The fraction of sp³-hybridized carbons (Fsp3) is 0.400. The summed E-state index contributed by atoms with van der Waals surface area (Å²) in [6.45, 7) is 0.105. The van der Waals surface area contributed by atoms with Gasteiger partial charge in [-0.25, -0.2) is 0 Å². The summed E-state index contributed by atoms with van der Waals surface area (Å²) in [5.74, 6) is 0. The predicted molar refractivity (Wildman–Crippen MR) is 35.0 cm³/mol. The van der Waals surface area contributed by atoms with E-state index in [2.05, 4.69) is 4.37 Å². The van der Waals surface area contributed by atoms with Gasteiger partial charge in [0.2, 0.25) is 0 Å². The first-order chi connectivity index (χ1) is 5.04. The lowest BCUT2D eigenvalue weighted by Crippen LogP contribution is -2.04. The molecule has 6 heteroatoms. The fourth-order valence-electron chi connectivity index (χ4n) is 0.543. The minimum absolute atomic E-state index is 0.105. The summed E-state index contributed by atoms with van der Waals surface area (Å²) in [6.07, 6.45) is -4.34. The number of alkyl halides is 3. The molecule has 0 spiro atoms. The number of nitrogens with two attached hydrogens (primary N) is 1. The van der Waals surface area contributed by atoms with E-state index in [4.69, 9.17) is 5.73 Å². The molecule has 0 aliphatic heterocycles. The van der Waals surface area contributed by atoms with Crippen LogP contribution in [0.5, 0.6) is 0 Å². The molecule has 0 amide bonds. The zero-order valence-electron chi connectivity index (χ0n) is 5.35. The highest BCUT2D eigenvalue weighted by Crippen LogP contribution is 2.29. The van der Waals surface area contributed by atoms with Gasteiger partial charge >= 0.3 is 6.18 Å². The third-order valence-electron chi connectivity index (χ3n) is 1.05. The molecule has 1 aromatic heterocycles. The Morgan fingerprint density at radius 2 is 2.18 bits per heavy atom. The van der Waals surface area contributed by atoms with Crippen molar-refractivity contribution in [2.75, 3.05) is 0 Å². The molecule has 62 valence electrons. The van der Waals surface area contributed by atoms with Crippen LogP contribution in [0, 0.1) is 0 Å². The number of hydrogen-bond acceptors (Lipinski definition) is 3. The van der Waals surface area contributed by atoms with E-state index in [1.807, 2.05) is 0 Å². The smallest absolute Gasteiger partial charge is 0.326 e. The quantitative estimate of drug-likeness (QED) is 0.716. The highest BCUT2D eigenvalue weighted by Gasteiger charge is 2.33. The fourth-order valence-corrected chi connectivity index (χ4v) is 1.15. The van der Waals surface area contributed by atoms with E-state index in [1.54, 1.807) is 0 Å². The van der Waals surface area contributed by atoms with Crippen molar-refractivity contribution in [1.82, 2.24) is 4.37 Å². The Kier molecular flexibility index (Phi) is 2.15. The standard InChI is InChI=1S/C5H5F3N2S/c6-5(7,8)4-1-3(2-9)11-10-4/h1H,2,9H2. The van der Waals surface area contributed by atoms with Gasteiger partial charge in [0.15, 0.2) is 5.69 Å². The van der Waals surface area contributed by atoms with Gasteiger partial charge in [0.1, 0.15) is 0 Å². The van der Waals surface area contributed by atoms with Crippen LogP contribution in [0.1, 0.15) is 10.6 Å². The first-order valence-electron chi connectivity index (χ1n) is 2.77. The van der Waals surface area contributed by atoms with Crippen molar-refractivity contribution in [3.05, 3.63) is 16.6 Å². The molecule has 2 N–H and O–H groups in total. The maximum atomic E-state index is 11.8. The molecule has 0 radical (unpaired) electrons. The average molecular weight is 182 g/mol. The molecule has 1 rings (SSSR count). The lowest BCUT2D eigenvalue weighted by molar-refractivity contribution is -0.140. The molecule has 0 saturated carbocycles. The zero-order valence-corrected chi connectivity index (χ0v) is 6.17. The Balaban J connectivity index is 2.89. The Bertz CT molecular complexity index is 242. The van der Waals surface area contributed by atoms with Gasteiger partial charge in [0.25, 0.3) is 0 Å². The molecule has 0 aliphatic carbocycles. The van der Waals surface area contributed by atoms with E-state index in [0.717, 1.165) is 17.6 Å². The maximum absolute atomic E-state index is 11.8. The second kappa shape index (κ2) is 2.78. The van der Waals surface area contributed by atoms with Crippen LogP contribution < -0.4 is 5.73 Å². The van der Waals surface area contributed by atoms with Crippen molar-refractivity contribution in [2.45, 2.75) is 12.7 Å². The van der Waals surface area contributed by atoms with Gasteiger partial charge in [-0.3, -0.25) is 0 Å². The van der Waals surface area contributed by atoms with Crippen molar-refractivity contribution in [1.29, 1.82) is 0 Å². The van der Waals surface area contributed by atoms with Crippen molar-refractivity contribution in [3.8, 4) is 0 Å². The second-order valence-corrected chi connectivity index (χ2v) is 2.77. The number of halogens is 3. The maximum Gasteiger partial charge on any atom is 0.434 e. The minimum atomic E-state index is -4.34. The van der Waals surface area contributed by atoms with E-state index in [-0.39, 0.29) is 6.54 Å². The van der Waals surface area contributed by atoms with Gasteiger partial charge in [-0.1, -0.05) is 0 Å². The Morgan fingerprint density at radius 1 is 1.55 bits per heavy atom. The van der Waals surface area contributed by atoms with Crippen LogP contribution in [0.3, 0.4) is 0 Å². The van der Waals surface area contributed by atoms with Crippen molar-refractivity contribution < 1.29 is 13.2 Å². The Labute approximate surface area is 65.0 Å². The van der Waals surface area contributed by atoms with Crippen molar-refractivity contribution in [2.24, 2.45) is 5.73 Å². The third-order valence-corrected chi connectivity index (χ3v) is 1.86. The molecule has 11 heavy (non-hydrogen) atoms. The number of nitrogens with zero attached hydrogens (tertiary/aromatic N) is 1. The van der Waals surface area contributed by atoms with Crippen molar-refractivity contribution >= 4 is 11.5 Å². The van der Waals surface area contributed by atoms with Crippen LogP contribution in [0.2, 0.25) is 0 Å². The molecule has 0 atom stereocenters. The SMILES string of the molecule is NCc1cc(C(F)(F)F)ns1. The van der Waals surface area contributed by atoms with Gasteiger partial charge in [-0.05, 0) is 17.6 Å². The molecule has 0 saturated heterocycles. The molecular formula is C5H5F3N2S. The van der Waals surface area contributed by atoms with Crippen LogP contribution in [0.15, 0.2) is 6.07 Å². The number of hydrogen-bond donors (Lipinski definition) is 1. The van der Waals surface area contributed by atoms with E-state index < -0.39 is 11.9 Å². The van der Waals surface area contributed by atoms with Crippen molar-refractivity contribution in [3.63, 3.8) is 0 Å². The summed E-state index contributed by atoms with van der Waals surface area (Å²) in [5, 5.41) is 0. The Morgan fingerprint density at radius 3 is 2.45 bits per heavy atom. The van der Waals surface area contributed by atoms with Crippen LogP contribution in [0.25, 0.3) is 0 Å². The summed E-state index contributed by atoms with van der Waals surface area (Å²) < 4.78 is 38.7. The monoisotopic (exact) mass is 182 g/mol. The minimum Gasteiger partial charge on any atom is -0.326 e. The first kappa shape index (κ1) is 8.48. The molecule has 1 aromatic rings. The van der Waals surface area contributed by atoms with Gasteiger partial charge in [-0.15, -0.1) is 0 Å². The summed E-state index contributed by atoms with van der Waals surface area (Å²) in [6, 6.07) is 0.963. The topological polar surface area (TPSA) is 38.9 Å². The predicted octanol–water partition coefficient (Wildman–Crippen LogP) is 1.62. The number of rotatable bonds is 1. The average Bonchev–Trinajstić information content (AvgIpc) is 2.32. The van der Waals surface area contributed by atoms with E-state index >= 15 is 0 Å². The largest absolute Gasteiger partial charge is 0.434 e. The van der Waals surface area contributed by atoms with Gasteiger partial charge in [0, 0.05) is 11.4 Å². The van der Waals surface area contributed by atoms with Crippen LogP contribution in [0.4, 0.5) is 13.2 Å². The van der Waals surface area contributed by atoms with Crippen LogP contribution in [-0.4, -0.2) is 4.37 Å². The molecule has 0 bridgehead atoms. The summed E-state index contributed by atoms with van der Waals surface area (Å²) >= 11 is 0.781. The zero-order chi connectivity index (χ0) is 8.48. The lowest BCUT2D eigenvalue weighted by Gasteiger charge is -1.98. The molecule has 0 aliphatic rings. The lowest BCUT2D eigenvalue weighted by atomic mass is 10.4. The normalized spacial score (nSPS) is 12.0. The number of aromatic nitrogens is 1. The molecule has 1 heterocycles. The summed E-state index contributed by atoms with van der Waals surface area (Å²) in [5.41, 5.74) is 4.25. The van der Waals surface area contributed by atoms with E-state index in [9.17, 15) is 13.2 Å². The second-order valence-electron chi connectivity index (χ2n) is 1.88. The summed E-state index contributed by atoms with van der Waals surface area (Å²) in [7, 11) is 0.